The number of benzene rings is 1. The van der Waals surface area contributed by atoms with Crippen molar-refractivity contribution in [2.75, 3.05) is 6.61 Å². The number of ether oxygens (including phenoxy) is 1. The first-order valence-corrected chi connectivity index (χ1v) is 4.72. The van der Waals surface area contributed by atoms with Crippen molar-refractivity contribution in [3.8, 4) is 0 Å². The van der Waals surface area contributed by atoms with Crippen LogP contribution in [0.4, 0.5) is 0 Å². The normalized spacial score (nSPS) is 21.5. The fourth-order valence-corrected chi connectivity index (χ4v) is 1.73. The summed E-state index contributed by atoms with van der Waals surface area (Å²) >= 11 is 0. The average Bonchev–Trinajstić information content (AvgIpc) is 2.54. The number of rotatable bonds is 2. The van der Waals surface area contributed by atoms with E-state index in [1.165, 1.54) is 5.56 Å². The summed E-state index contributed by atoms with van der Waals surface area (Å²) < 4.78 is 5.34. The Hall–Kier alpha value is -1.24. The van der Waals surface area contributed by atoms with Gasteiger partial charge in [-0.15, -0.1) is 0 Å². The molecule has 0 bridgehead atoms. The maximum absolute atomic E-state index is 5.34. The number of hydrogen-bond donors (Lipinski definition) is 0. The summed E-state index contributed by atoms with van der Waals surface area (Å²) in [5, 5.41) is 0. The first kappa shape index (κ1) is 8.36. The van der Waals surface area contributed by atoms with Crippen molar-refractivity contribution in [1.82, 2.24) is 0 Å². The van der Waals surface area contributed by atoms with Gasteiger partial charge in [0.1, 0.15) is 0 Å². The zero-order chi connectivity index (χ0) is 9.10. The van der Waals surface area contributed by atoms with E-state index in [1.807, 2.05) is 6.07 Å². The molecule has 1 heterocycles. The second-order valence-electron chi connectivity index (χ2n) is 3.49. The van der Waals surface area contributed by atoms with Crippen molar-refractivity contribution in [3.63, 3.8) is 0 Å². The third-order valence-electron chi connectivity index (χ3n) is 2.53. The molecule has 1 aromatic rings. The largest absolute Gasteiger partial charge is 0.498 e. The second kappa shape index (κ2) is 3.65. The standard InChI is InChI=1S/C12H14O/c1-10-12(7-8-13-10)9-11-5-3-2-4-6-11/h2-6,12H,1,7-9H2. The van der Waals surface area contributed by atoms with Gasteiger partial charge in [0.15, 0.2) is 0 Å². The molecule has 1 aliphatic rings. The minimum atomic E-state index is 0.530. The summed E-state index contributed by atoms with van der Waals surface area (Å²) in [6.07, 6.45) is 2.19. The second-order valence-corrected chi connectivity index (χ2v) is 3.49. The van der Waals surface area contributed by atoms with Crippen LogP contribution in [0.1, 0.15) is 12.0 Å². The highest BCUT2D eigenvalue weighted by molar-refractivity contribution is 5.17. The van der Waals surface area contributed by atoms with Gasteiger partial charge in [-0.25, -0.2) is 0 Å². The Morgan fingerprint density at radius 2 is 2.08 bits per heavy atom. The third kappa shape index (κ3) is 1.92. The molecule has 1 aromatic carbocycles. The van der Waals surface area contributed by atoms with E-state index in [1.54, 1.807) is 0 Å². The van der Waals surface area contributed by atoms with Crippen molar-refractivity contribution in [2.45, 2.75) is 12.8 Å². The third-order valence-corrected chi connectivity index (χ3v) is 2.53. The predicted octanol–water partition coefficient (Wildman–Crippen LogP) is 2.78. The predicted molar refractivity (Wildman–Crippen MR) is 53.3 cm³/mol. The van der Waals surface area contributed by atoms with Crippen molar-refractivity contribution in [1.29, 1.82) is 0 Å². The van der Waals surface area contributed by atoms with E-state index in [4.69, 9.17) is 4.74 Å². The molecule has 1 nitrogen and oxygen atoms in total. The molecule has 13 heavy (non-hydrogen) atoms. The van der Waals surface area contributed by atoms with Crippen LogP contribution in [-0.2, 0) is 11.2 Å². The summed E-state index contributed by atoms with van der Waals surface area (Å²) in [7, 11) is 0. The van der Waals surface area contributed by atoms with Crippen molar-refractivity contribution < 1.29 is 4.74 Å². The molecule has 1 aliphatic heterocycles. The molecule has 2 rings (SSSR count). The topological polar surface area (TPSA) is 9.23 Å². The molecule has 68 valence electrons. The van der Waals surface area contributed by atoms with Crippen molar-refractivity contribution >= 4 is 0 Å². The first-order valence-electron chi connectivity index (χ1n) is 4.72. The van der Waals surface area contributed by atoms with Crippen LogP contribution in [0, 0.1) is 5.92 Å². The highest BCUT2D eigenvalue weighted by Crippen LogP contribution is 2.26. The van der Waals surface area contributed by atoms with Crippen LogP contribution in [0.3, 0.4) is 0 Å². The lowest BCUT2D eigenvalue weighted by Crippen LogP contribution is -2.00. The van der Waals surface area contributed by atoms with Crippen LogP contribution >= 0.6 is 0 Å². The number of hydrogen-bond acceptors (Lipinski definition) is 1. The maximum atomic E-state index is 5.34. The van der Waals surface area contributed by atoms with E-state index in [9.17, 15) is 0 Å². The highest BCUT2D eigenvalue weighted by Gasteiger charge is 2.20. The number of allylic oxidation sites excluding steroid dienone is 1. The molecule has 0 aromatic heterocycles. The van der Waals surface area contributed by atoms with Gasteiger partial charge in [-0.1, -0.05) is 36.9 Å². The molecular formula is C12H14O. The van der Waals surface area contributed by atoms with Gasteiger partial charge >= 0.3 is 0 Å². The van der Waals surface area contributed by atoms with Crippen LogP contribution in [0.2, 0.25) is 0 Å². The molecule has 1 atom stereocenters. The summed E-state index contributed by atoms with van der Waals surface area (Å²) in [6.45, 7) is 4.75. The Morgan fingerprint density at radius 3 is 2.69 bits per heavy atom. The van der Waals surface area contributed by atoms with Gasteiger partial charge in [-0.3, -0.25) is 0 Å². The van der Waals surface area contributed by atoms with E-state index in [0.717, 1.165) is 25.2 Å². The Kier molecular flexibility index (Phi) is 2.35. The van der Waals surface area contributed by atoms with Gasteiger partial charge in [0.2, 0.25) is 0 Å². The monoisotopic (exact) mass is 174 g/mol. The maximum Gasteiger partial charge on any atom is 0.0923 e. The van der Waals surface area contributed by atoms with Gasteiger partial charge < -0.3 is 4.74 Å². The lowest BCUT2D eigenvalue weighted by molar-refractivity contribution is 0.260. The molecule has 1 saturated heterocycles. The van der Waals surface area contributed by atoms with Gasteiger partial charge in [0.05, 0.1) is 12.4 Å². The minimum absolute atomic E-state index is 0.530. The molecule has 0 aliphatic carbocycles. The summed E-state index contributed by atoms with van der Waals surface area (Å²) in [4.78, 5) is 0. The van der Waals surface area contributed by atoms with Crippen LogP contribution in [0.5, 0.6) is 0 Å². The van der Waals surface area contributed by atoms with Crippen LogP contribution < -0.4 is 0 Å². The van der Waals surface area contributed by atoms with E-state index < -0.39 is 0 Å². The fourth-order valence-electron chi connectivity index (χ4n) is 1.73. The molecular weight excluding hydrogens is 160 g/mol. The molecule has 0 amide bonds. The fraction of sp³-hybridized carbons (Fsp3) is 0.333. The Labute approximate surface area is 79.0 Å². The zero-order valence-electron chi connectivity index (χ0n) is 7.70. The van der Waals surface area contributed by atoms with E-state index in [0.29, 0.717) is 5.92 Å². The van der Waals surface area contributed by atoms with E-state index in [-0.39, 0.29) is 0 Å². The van der Waals surface area contributed by atoms with Crippen LogP contribution in [0.15, 0.2) is 42.7 Å². The van der Waals surface area contributed by atoms with Crippen molar-refractivity contribution in [3.05, 3.63) is 48.2 Å². The molecule has 0 spiro atoms. The molecule has 0 N–H and O–H groups in total. The van der Waals surface area contributed by atoms with Gasteiger partial charge in [-0.2, -0.15) is 0 Å². The first-order chi connectivity index (χ1) is 6.36. The summed E-state index contributed by atoms with van der Waals surface area (Å²) in [5.74, 6) is 1.49. The van der Waals surface area contributed by atoms with Gasteiger partial charge in [0, 0.05) is 5.92 Å². The van der Waals surface area contributed by atoms with Gasteiger partial charge in [0.25, 0.3) is 0 Å². The van der Waals surface area contributed by atoms with Crippen LogP contribution in [-0.4, -0.2) is 6.61 Å². The Balaban J connectivity index is 2.02. The summed E-state index contributed by atoms with van der Waals surface area (Å²) in [5.41, 5.74) is 1.37. The van der Waals surface area contributed by atoms with E-state index >= 15 is 0 Å². The smallest absolute Gasteiger partial charge is 0.0923 e. The molecule has 0 saturated carbocycles. The van der Waals surface area contributed by atoms with Crippen LogP contribution in [0.25, 0.3) is 0 Å². The van der Waals surface area contributed by atoms with Gasteiger partial charge in [-0.05, 0) is 18.4 Å². The highest BCUT2D eigenvalue weighted by atomic mass is 16.5. The summed E-state index contributed by atoms with van der Waals surface area (Å²) in [6, 6.07) is 10.5. The molecule has 1 unspecified atom stereocenters. The molecule has 1 fully saturated rings. The lowest BCUT2D eigenvalue weighted by atomic mass is 9.97. The minimum Gasteiger partial charge on any atom is -0.498 e. The van der Waals surface area contributed by atoms with Crippen molar-refractivity contribution in [2.24, 2.45) is 5.92 Å². The lowest BCUT2D eigenvalue weighted by Gasteiger charge is -2.08. The molecule has 1 heteroatoms. The quantitative estimate of drug-likeness (QED) is 0.670. The average molecular weight is 174 g/mol. The van der Waals surface area contributed by atoms with E-state index in [2.05, 4.69) is 30.8 Å². The SMILES string of the molecule is C=C1OCCC1Cc1ccccc1. The molecule has 0 radical (unpaired) electrons. The Morgan fingerprint density at radius 1 is 1.31 bits per heavy atom. The zero-order valence-corrected chi connectivity index (χ0v) is 7.70. The Bertz CT molecular complexity index is 289.